The number of methoxy groups -OCH3 is 1. The molecule has 0 aromatic carbocycles. The topological polar surface area (TPSA) is 51.2 Å². The number of nitrogens with one attached hydrogen (secondary N) is 1. The summed E-state index contributed by atoms with van der Waals surface area (Å²) in [6, 6.07) is -0.226. The summed E-state index contributed by atoms with van der Waals surface area (Å²) >= 11 is 1.58. The number of carbonyl (C=O) groups excluding carboxylic acids is 1. The van der Waals surface area contributed by atoms with Gasteiger partial charge in [0.25, 0.3) is 0 Å². The van der Waals surface area contributed by atoms with Crippen LogP contribution in [0, 0.1) is 5.92 Å². The monoisotopic (exact) mass is 242 g/mol. The summed E-state index contributed by atoms with van der Waals surface area (Å²) < 4.78 is 4.77. The van der Waals surface area contributed by atoms with Gasteiger partial charge in [-0.25, -0.2) is 4.98 Å². The molecule has 0 aliphatic heterocycles. The van der Waals surface area contributed by atoms with Crippen molar-refractivity contribution in [3.05, 3.63) is 16.6 Å². The van der Waals surface area contributed by atoms with Crippen LogP contribution in [0.5, 0.6) is 0 Å². The normalized spacial score (nSPS) is 14.8. The quantitative estimate of drug-likeness (QED) is 0.802. The van der Waals surface area contributed by atoms with Gasteiger partial charge in [0, 0.05) is 11.6 Å². The average molecular weight is 242 g/mol. The van der Waals surface area contributed by atoms with Gasteiger partial charge in [-0.3, -0.25) is 10.1 Å². The van der Waals surface area contributed by atoms with Crippen molar-refractivity contribution in [1.29, 1.82) is 0 Å². The lowest BCUT2D eigenvalue weighted by Crippen LogP contribution is -2.42. The number of hydrogen-bond donors (Lipinski definition) is 1. The third-order valence-electron chi connectivity index (χ3n) is 2.37. The molecule has 4 nitrogen and oxygen atoms in total. The van der Waals surface area contributed by atoms with Crippen molar-refractivity contribution in [2.24, 2.45) is 5.92 Å². The van der Waals surface area contributed by atoms with E-state index < -0.39 is 0 Å². The Morgan fingerprint density at radius 1 is 1.50 bits per heavy atom. The predicted octanol–water partition coefficient (Wildman–Crippen LogP) is 1.99. The lowest BCUT2D eigenvalue weighted by molar-refractivity contribution is -0.144. The van der Waals surface area contributed by atoms with Gasteiger partial charge in [-0.1, -0.05) is 13.8 Å². The minimum absolute atomic E-state index is 0.0616. The van der Waals surface area contributed by atoms with Gasteiger partial charge in [0.1, 0.15) is 11.0 Å². The summed E-state index contributed by atoms with van der Waals surface area (Å²) in [7, 11) is 1.41. The lowest BCUT2D eigenvalue weighted by Gasteiger charge is -2.23. The Bertz CT molecular complexity index is 325. The molecule has 0 bridgehead atoms. The van der Waals surface area contributed by atoms with Gasteiger partial charge < -0.3 is 4.74 Å². The van der Waals surface area contributed by atoms with E-state index in [0.29, 0.717) is 0 Å². The highest BCUT2D eigenvalue weighted by atomic mass is 32.1. The third kappa shape index (κ3) is 3.28. The van der Waals surface area contributed by atoms with Gasteiger partial charge in [0.05, 0.1) is 13.2 Å². The number of nitrogens with zero attached hydrogens (tertiary/aromatic N) is 1. The summed E-state index contributed by atoms with van der Waals surface area (Å²) in [6.07, 6.45) is 1.76. The predicted molar refractivity (Wildman–Crippen MR) is 64.3 cm³/mol. The number of rotatable bonds is 5. The zero-order valence-corrected chi connectivity index (χ0v) is 10.9. The molecule has 1 N–H and O–H groups in total. The molecule has 0 saturated carbocycles. The van der Waals surface area contributed by atoms with E-state index in [9.17, 15) is 4.79 Å². The number of ether oxygens (including phenoxy) is 1. The second-order valence-electron chi connectivity index (χ2n) is 4.00. The second kappa shape index (κ2) is 5.96. The van der Waals surface area contributed by atoms with Crippen LogP contribution in [0.2, 0.25) is 0 Å². The SMILES string of the molecule is COC(=O)C(NC(C)c1nccs1)C(C)C. The molecule has 0 fully saturated rings. The van der Waals surface area contributed by atoms with E-state index in [1.54, 1.807) is 17.5 Å². The maximum Gasteiger partial charge on any atom is 0.323 e. The van der Waals surface area contributed by atoms with Crippen LogP contribution in [0.25, 0.3) is 0 Å². The summed E-state index contributed by atoms with van der Waals surface area (Å²) in [6.45, 7) is 5.98. The Labute approximate surface area is 100 Å². The van der Waals surface area contributed by atoms with E-state index in [1.165, 1.54) is 7.11 Å². The minimum Gasteiger partial charge on any atom is -0.468 e. The molecule has 1 aromatic rings. The van der Waals surface area contributed by atoms with E-state index in [-0.39, 0.29) is 24.0 Å². The summed E-state index contributed by atoms with van der Waals surface area (Å²) in [5.41, 5.74) is 0. The van der Waals surface area contributed by atoms with Crippen molar-refractivity contribution >= 4 is 17.3 Å². The van der Waals surface area contributed by atoms with Crippen molar-refractivity contribution in [2.75, 3.05) is 7.11 Å². The second-order valence-corrected chi connectivity index (χ2v) is 4.93. The van der Waals surface area contributed by atoms with Crippen molar-refractivity contribution in [1.82, 2.24) is 10.3 Å². The van der Waals surface area contributed by atoms with Crippen molar-refractivity contribution in [3.63, 3.8) is 0 Å². The van der Waals surface area contributed by atoms with E-state index in [4.69, 9.17) is 4.74 Å². The van der Waals surface area contributed by atoms with Crippen LogP contribution in [0.15, 0.2) is 11.6 Å². The maximum absolute atomic E-state index is 11.6. The molecule has 0 saturated heterocycles. The van der Waals surface area contributed by atoms with Gasteiger partial charge in [-0.15, -0.1) is 11.3 Å². The number of carbonyl (C=O) groups is 1. The Hall–Kier alpha value is -0.940. The Kier molecular flexibility index (Phi) is 4.89. The first-order chi connectivity index (χ1) is 7.56. The highest BCUT2D eigenvalue weighted by Crippen LogP contribution is 2.17. The first-order valence-electron chi connectivity index (χ1n) is 5.29. The number of hydrogen-bond acceptors (Lipinski definition) is 5. The standard InChI is InChI=1S/C11H18N2O2S/c1-7(2)9(11(14)15-4)13-8(3)10-12-5-6-16-10/h5-9,13H,1-4H3. The zero-order chi connectivity index (χ0) is 12.1. The molecular formula is C11H18N2O2S. The van der Waals surface area contributed by atoms with Crippen LogP contribution < -0.4 is 5.32 Å². The molecule has 2 atom stereocenters. The highest BCUT2D eigenvalue weighted by molar-refractivity contribution is 7.09. The van der Waals surface area contributed by atoms with Gasteiger partial charge in [0.15, 0.2) is 0 Å². The summed E-state index contributed by atoms with van der Waals surface area (Å²) in [5, 5.41) is 6.15. The molecular weight excluding hydrogens is 224 g/mol. The molecule has 0 spiro atoms. The molecule has 0 radical (unpaired) electrons. The fourth-order valence-corrected chi connectivity index (χ4v) is 2.10. The molecule has 1 heterocycles. The molecule has 2 unspecified atom stereocenters. The lowest BCUT2D eigenvalue weighted by atomic mass is 10.0. The van der Waals surface area contributed by atoms with Gasteiger partial charge in [-0.2, -0.15) is 0 Å². The fraction of sp³-hybridized carbons (Fsp3) is 0.636. The molecule has 1 rings (SSSR count). The maximum atomic E-state index is 11.6. The number of esters is 1. The van der Waals surface area contributed by atoms with Gasteiger partial charge in [-0.05, 0) is 12.8 Å². The van der Waals surface area contributed by atoms with Crippen LogP contribution in [0.1, 0.15) is 31.8 Å². The fourth-order valence-electron chi connectivity index (χ4n) is 1.45. The highest BCUT2D eigenvalue weighted by Gasteiger charge is 2.25. The molecule has 1 aromatic heterocycles. The molecule has 90 valence electrons. The number of aromatic nitrogens is 1. The zero-order valence-electron chi connectivity index (χ0n) is 10.1. The van der Waals surface area contributed by atoms with E-state index in [0.717, 1.165) is 5.01 Å². The minimum atomic E-state index is -0.288. The molecule has 16 heavy (non-hydrogen) atoms. The largest absolute Gasteiger partial charge is 0.468 e. The third-order valence-corrected chi connectivity index (χ3v) is 3.33. The average Bonchev–Trinajstić information content (AvgIpc) is 2.77. The van der Waals surface area contributed by atoms with Crippen LogP contribution in [0.4, 0.5) is 0 Å². The molecule has 5 heteroatoms. The Balaban J connectivity index is 2.65. The number of thiazole rings is 1. The van der Waals surface area contributed by atoms with Crippen LogP contribution >= 0.6 is 11.3 Å². The van der Waals surface area contributed by atoms with E-state index >= 15 is 0 Å². The van der Waals surface area contributed by atoms with Crippen molar-refractivity contribution < 1.29 is 9.53 Å². The first-order valence-corrected chi connectivity index (χ1v) is 6.17. The van der Waals surface area contributed by atoms with E-state index in [1.807, 2.05) is 26.2 Å². The molecule has 0 aliphatic rings. The van der Waals surface area contributed by atoms with Crippen LogP contribution in [-0.4, -0.2) is 24.1 Å². The summed E-state index contributed by atoms with van der Waals surface area (Å²) in [4.78, 5) is 15.8. The Morgan fingerprint density at radius 3 is 2.62 bits per heavy atom. The van der Waals surface area contributed by atoms with Crippen molar-refractivity contribution in [2.45, 2.75) is 32.9 Å². The molecule has 0 aliphatic carbocycles. The summed E-state index contributed by atoms with van der Waals surface area (Å²) in [5.74, 6) is -0.0340. The molecule has 0 amide bonds. The van der Waals surface area contributed by atoms with Gasteiger partial charge in [0.2, 0.25) is 0 Å². The van der Waals surface area contributed by atoms with Crippen molar-refractivity contribution in [3.8, 4) is 0 Å². The Morgan fingerprint density at radius 2 is 2.19 bits per heavy atom. The van der Waals surface area contributed by atoms with Crippen LogP contribution in [-0.2, 0) is 9.53 Å². The first kappa shape index (κ1) is 13.1. The van der Waals surface area contributed by atoms with E-state index in [2.05, 4.69) is 10.3 Å². The van der Waals surface area contributed by atoms with Gasteiger partial charge >= 0.3 is 5.97 Å². The smallest absolute Gasteiger partial charge is 0.323 e. The van der Waals surface area contributed by atoms with Crippen LogP contribution in [0.3, 0.4) is 0 Å².